The first-order chi connectivity index (χ1) is 8.60. The molecule has 18 heavy (non-hydrogen) atoms. The second kappa shape index (κ2) is 5.14. The van der Waals surface area contributed by atoms with E-state index in [1.54, 1.807) is 13.0 Å². The molecule has 4 heteroatoms. The van der Waals surface area contributed by atoms with Crippen molar-refractivity contribution in [3.05, 3.63) is 59.2 Å². The Labute approximate surface area is 103 Å². The van der Waals surface area contributed by atoms with Crippen molar-refractivity contribution in [1.82, 2.24) is 0 Å². The molecule has 0 aliphatic rings. The van der Waals surface area contributed by atoms with Crippen LogP contribution in [-0.4, -0.2) is 5.11 Å². The molecule has 0 aromatic heterocycles. The van der Waals surface area contributed by atoms with Gasteiger partial charge in [-0.3, -0.25) is 0 Å². The van der Waals surface area contributed by atoms with Gasteiger partial charge in [0.2, 0.25) is 0 Å². The van der Waals surface area contributed by atoms with Crippen molar-refractivity contribution in [1.29, 1.82) is 0 Å². The van der Waals surface area contributed by atoms with Gasteiger partial charge in [-0.15, -0.1) is 0 Å². The molecule has 2 aromatic rings. The Morgan fingerprint density at radius 2 is 1.78 bits per heavy atom. The molecule has 0 saturated heterocycles. The Bertz CT molecular complexity index is 568. The number of aryl methyl sites for hydroxylation is 1. The van der Waals surface area contributed by atoms with E-state index in [1.165, 1.54) is 24.3 Å². The summed E-state index contributed by atoms with van der Waals surface area (Å²) in [5, 5.41) is 8.86. The van der Waals surface area contributed by atoms with Gasteiger partial charge in [0.15, 0.2) is 23.1 Å². The Kier molecular flexibility index (Phi) is 3.58. The van der Waals surface area contributed by atoms with Crippen molar-refractivity contribution in [3.63, 3.8) is 0 Å². The molecule has 0 spiro atoms. The van der Waals surface area contributed by atoms with E-state index in [4.69, 9.17) is 9.84 Å². The van der Waals surface area contributed by atoms with E-state index >= 15 is 0 Å². The van der Waals surface area contributed by atoms with Crippen LogP contribution in [0.1, 0.15) is 11.1 Å². The van der Waals surface area contributed by atoms with Crippen LogP contribution in [0.25, 0.3) is 0 Å². The molecule has 0 radical (unpaired) electrons. The quantitative estimate of drug-likeness (QED) is 0.902. The first-order valence-electron chi connectivity index (χ1n) is 5.43. The molecular weight excluding hydrogens is 238 g/mol. The molecule has 0 saturated carbocycles. The number of rotatable bonds is 3. The average Bonchev–Trinajstić information content (AvgIpc) is 2.36. The van der Waals surface area contributed by atoms with E-state index in [0.717, 1.165) is 11.6 Å². The standard InChI is InChI=1S/C14H12F2O2/c1-9-2-4-11(15)14(6-9)18-13-5-3-10(8-17)7-12(13)16/h2-7,17H,8H2,1H3. The summed E-state index contributed by atoms with van der Waals surface area (Å²) in [4.78, 5) is 0. The van der Waals surface area contributed by atoms with E-state index in [1.807, 2.05) is 0 Å². The molecule has 2 aromatic carbocycles. The lowest BCUT2D eigenvalue weighted by molar-refractivity contribution is 0.281. The van der Waals surface area contributed by atoms with E-state index < -0.39 is 11.6 Å². The van der Waals surface area contributed by atoms with Gasteiger partial charge in [-0.2, -0.15) is 0 Å². The zero-order valence-electron chi connectivity index (χ0n) is 9.78. The molecule has 0 unspecified atom stereocenters. The highest BCUT2D eigenvalue weighted by Crippen LogP contribution is 2.28. The zero-order valence-corrected chi connectivity index (χ0v) is 9.78. The Morgan fingerprint density at radius 3 is 2.44 bits per heavy atom. The van der Waals surface area contributed by atoms with Crippen LogP contribution >= 0.6 is 0 Å². The normalized spacial score (nSPS) is 10.4. The lowest BCUT2D eigenvalue weighted by Crippen LogP contribution is -1.93. The second-order valence-corrected chi connectivity index (χ2v) is 3.96. The Morgan fingerprint density at radius 1 is 1.00 bits per heavy atom. The van der Waals surface area contributed by atoms with E-state index in [-0.39, 0.29) is 18.1 Å². The van der Waals surface area contributed by atoms with E-state index in [9.17, 15) is 8.78 Å². The molecule has 0 amide bonds. The number of halogens is 2. The molecule has 0 fully saturated rings. The summed E-state index contributed by atoms with van der Waals surface area (Å²) < 4.78 is 32.2. The predicted octanol–water partition coefficient (Wildman–Crippen LogP) is 3.56. The van der Waals surface area contributed by atoms with Gasteiger partial charge >= 0.3 is 0 Å². The van der Waals surface area contributed by atoms with Crippen molar-refractivity contribution in [2.75, 3.05) is 0 Å². The summed E-state index contributed by atoms with van der Waals surface area (Å²) in [6.45, 7) is 1.54. The van der Waals surface area contributed by atoms with Crippen molar-refractivity contribution in [2.45, 2.75) is 13.5 Å². The first-order valence-corrected chi connectivity index (χ1v) is 5.43. The fourth-order valence-electron chi connectivity index (χ4n) is 1.53. The maximum atomic E-state index is 13.6. The summed E-state index contributed by atoms with van der Waals surface area (Å²) in [5.41, 5.74) is 1.25. The molecule has 0 aliphatic carbocycles. The third kappa shape index (κ3) is 2.65. The molecule has 2 rings (SSSR count). The van der Waals surface area contributed by atoms with Gasteiger partial charge in [0.25, 0.3) is 0 Å². The summed E-state index contributed by atoms with van der Waals surface area (Å²) in [5.74, 6) is -1.28. The number of aliphatic hydroxyl groups excluding tert-OH is 1. The second-order valence-electron chi connectivity index (χ2n) is 3.96. The highest BCUT2D eigenvalue weighted by Gasteiger charge is 2.09. The van der Waals surface area contributed by atoms with Gasteiger partial charge in [0, 0.05) is 0 Å². The Hall–Kier alpha value is -1.94. The largest absolute Gasteiger partial charge is 0.451 e. The molecule has 0 heterocycles. The van der Waals surface area contributed by atoms with Crippen molar-refractivity contribution in [2.24, 2.45) is 0 Å². The van der Waals surface area contributed by atoms with Gasteiger partial charge in [0.1, 0.15) is 0 Å². The maximum absolute atomic E-state index is 13.6. The third-order valence-corrected chi connectivity index (χ3v) is 2.49. The summed E-state index contributed by atoms with van der Waals surface area (Å²) in [7, 11) is 0. The van der Waals surface area contributed by atoms with Crippen LogP contribution in [0.5, 0.6) is 11.5 Å². The van der Waals surface area contributed by atoms with E-state index in [2.05, 4.69) is 0 Å². The minimum atomic E-state index is -0.637. The molecular formula is C14H12F2O2. The van der Waals surface area contributed by atoms with Gasteiger partial charge < -0.3 is 9.84 Å². The molecule has 2 nitrogen and oxygen atoms in total. The van der Waals surface area contributed by atoms with Crippen LogP contribution in [0.15, 0.2) is 36.4 Å². The molecule has 0 atom stereocenters. The van der Waals surface area contributed by atoms with Crippen LogP contribution in [0.2, 0.25) is 0 Å². The van der Waals surface area contributed by atoms with Crippen LogP contribution in [-0.2, 0) is 6.61 Å². The lowest BCUT2D eigenvalue weighted by Gasteiger charge is -2.09. The van der Waals surface area contributed by atoms with Gasteiger partial charge in [-0.05, 0) is 42.3 Å². The van der Waals surface area contributed by atoms with Gasteiger partial charge in [-0.25, -0.2) is 8.78 Å². The first kappa shape index (κ1) is 12.5. The summed E-state index contributed by atoms with van der Waals surface area (Å²) in [6, 6.07) is 8.41. The smallest absolute Gasteiger partial charge is 0.166 e. The molecule has 1 N–H and O–H groups in total. The molecule has 0 bridgehead atoms. The van der Waals surface area contributed by atoms with Crippen LogP contribution in [0.4, 0.5) is 8.78 Å². The minimum Gasteiger partial charge on any atom is -0.451 e. The monoisotopic (exact) mass is 250 g/mol. The zero-order chi connectivity index (χ0) is 13.1. The Balaban J connectivity index is 2.31. The lowest BCUT2D eigenvalue weighted by atomic mass is 10.2. The number of hydrogen-bond acceptors (Lipinski definition) is 2. The molecule has 0 aliphatic heterocycles. The van der Waals surface area contributed by atoms with Crippen LogP contribution < -0.4 is 4.74 Å². The third-order valence-electron chi connectivity index (χ3n) is 2.49. The SMILES string of the molecule is Cc1ccc(F)c(Oc2ccc(CO)cc2F)c1. The van der Waals surface area contributed by atoms with Gasteiger partial charge in [0.05, 0.1) is 6.61 Å². The van der Waals surface area contributed by atoms with Crippen LogP contribution in [0, 0.1) is 18.6 Å². The summed E-state index contributed by atoms with van der Waals surface area (Å²) >= 11 is 0. The van der Waals surface area contributed by atoms with Crippen molar-refractivity contribution < 1.29 is 18.6 Å². The number of ether oxygens (including phenoxy) is 1. The number of aliphatic hydroxyl groups is 1. The highest BCUT2D eigenvalue weighted by molar-refractivity contribution is 5.36. The molecule has 94 valence electrons. The summed E-state index contributed by atoms with van der Waals surface area (Å²) in [6.07, 6.45) is 0. The van der Waals surface area contributed by atoms with Gasteiger partial charge in [-0.1, -0.05) is 12.1 Å². The number of hydrogen-bond donors (Lipinski definition) is 1. The van der Waals surface area contributed by atoms with Crippen molar-refractivity contribution >= 4 is 0 Å². The van der Waals surface area contributed by atoms with Crippen molar-refractivity contribution in [3.8, 4) is 11.5 Å². The van der Waals surface area contributed by atoms with Crippen LogP contribution in [0.3, 0.4) is 0 Å². The topological polar surface area (TPSA) is 29.5 Å². The number of benzene rings is 2. The minimum absolute atomic E-state index is 0.0225. The predicted molar refractivity (Wildman–Crippen MR) is 63.5 cm³/mol. The maximum Gasteiger partial charge on any atom is 0.166 e. The fourth-order valence-corrected chi connectivity index (χ4v) is 1.53. The average molecular weight is 250 g/mol. The highest BCUT2D eigenvalue weighted by atomic mass is 19.1. The van der Waals surface area contributed by atoms with E-state index in [0.29, 0.717) is 5.56 Å². The fraction of sp³-hybridized carbons (Fsp3) is 0.143.